The van der Waals surface area contributed by atoms with Crippen LogP contribution in [0.5, 0.6) is 0 Å². The van der Waals surface area contributed by atoms with Crippen LogP contribution in [0.3, 0.4) is 0 Å². The molecule has 4 N–H and O–H groups in total. The Morgan fingerprint density at radius 3 is 2.71 bits per heavy atom. The Hall–Kier alpha value is -2.90. The molecule has 0 saturated carbocycles. The molecule has 146 valence electrons. The Morgan fingerprint density at radius 1 is 1.14 bits per heavy atom. The van der Waals surface area contributed by atoms with Crippen molar-refractivity contribution in [2.24, 2.45) is 4.99 Å². The van der Waals surface area contributed by atoms with Gasteiger partial charge in [0.15, 0.2) is 5.96 Å². The molecule has 0 fully saturated rings. The van der Waals surface area contributed by atoms with Crippen LogP contribution < -0.4 is 16.0 Å². The average molecular weight is 397 g/mol. The quantitative estimate of drug-likeness (QED) is 0.381. The van der Waals surface area contributed by atoms with Crippen LogP contribution in [0.1, 0.15) is 23.5 Å². The molecule has 1 aromatic heterocycles. The molecule has 1 unspecified atom stereocenters. The van der Waals surface area contributed by atoms with Gasteiger partial charge in [0.2, 0.25) is 5.91 Å². The number of benzene rings is 2. The van der Waals surface area contributed by atoms with Gasteiger partial charge in [0.25, 0.3) is 0 Å². The minimum Gasteiger partial charge on any atom is -0.386 e. The summed E-state index contributed by atoms with van der Waals surface area (Å²) in [6.07, 6.45) is -0.612. The number of hydrogen-bond acceptors (Lipinski definition) is 4. The Labute approximate surface area is 168 Å². The predicted molar refractivity (Wildman–Crippen MR) is 116 cm³/mol. The highest BCUT2D eigenvalue weighted by Gasteiger charge is 2.12. The van der Waals surface area contributed by atoms with Crippen LogP contribution in [-0.4, -0.2) is 30.6 Å². The maximum absolute atomic E-state index is 11.2. The molecule has 0 aliphatic rings. The summed E-state index contributed by atoms with van der Waals surface area (Å²) < 4.78 is 1.16. The lowest BCUT2D eigenvalue weighted by Gasteiger charge is -2.15. The van der Waals surface area contributed by atoms with E-state index >= 15 is 0 Å². The van der Waals surface area contributed by atoms with Gasteiger partial charge in [-0.3, -0.25) is 9.79 Å². The first kappa shape index (κ1) is 19.9. The molecular weight excluding hydrogens is 372 g/mol. The van der Waals surface area contributed by atoms with E-state index in [0.29, 0.717) is 19.0 Å². The summed E-state index contributed by atoms with van der Waals surface area (Å²) in [5.41, 5.74) is 1.77. The third kappa shape index (κ3) is 5.31. The SMILES string of the molecule is CN=C(NCc1cccc(NC(C)=O)c1)NCC(O)c1cc2ccccc2s1. The third-order valence-corrected chi connectivity index (χ3v) is 5.38. The Bertz CT molecular complexity index is 950. The number of anilines is 1. The standard InChI is InChI=1S/C21H24N4O2S/c1-14(26)25-17-8-5-6-15(10-17)12-23-21(22-2)24-13-18(27)20-11-16-7-3-4-9-19(16)28-20/h3-11,18,27H,12-13H2,1-2H3,(H,25,26)(H2,22,23,24). The highest BCUT2D eigenvalue weighted by Crippen LogP contribution is 2.29. The van der Waals surface area contributed by atoms with Crippen LogP contribution >= 0.6 is 11.3 Å². The van der Waals surface area contributed by atoms with Gasteiger partial charge in [-0.25, -0.2) is 0 Å². The summed E-state index contributed by atoms with van der Waals surface area (Å²) in [5, 5.41) is 20.8. The predicted octanol–water partition coefficient (Wildman–Crippen LogP) is 3.26. The highest BCUT2D eigenvalue weighted by molar-refractivity contribution is 7.19. The minimum absolute atomic E-state index is 0.0992. The zero-order valence-corrected chi connectivity index (χ0v) is 16.7. The van der Waals surface area contributed by atoms with Crippen LogP contribution in [0.2, 0.25) is 0 Å². The van der Waals surface area contributed by atoms with Crippen LogP contribution in [0.4, 0.5) is 5.69 Å². The molecule has 2 aromatic carbocycles. The van der Waals surface area contributed by atoms with Crippen molar-refractivity contribution in [3.8, 4) is 0 Å². The van der Waals surface area contributed by atoms with E-state index in [-0.39, 0.29) is 5.91 Å². The van der Waals surface area contributed by atoms with Crippen LogP contribution in [-0.2, 0) is 11.3 Å². The van der Waals surface area contributed by atoms with E-state index in [1.165, 1.54) is 6.92 Å². The molecule has 0 aliphatic carbocycles. The molecule has 1 heterocycles. The third-order valence-electron chi connectivity index (χ3n) is 4.17. The summed E-state index contributed by atoms with van der Waals surface area (Å²) in [7, 11) is 1.69. The van der Waals surface area contributed by atoms with Crippen LogP contribution in [0.15, 0.2) is 59.6 Å². The first-order valence-electron chi connectivity index (χ1n) is 9.03. The van der Waals surface area contributed by atoms with Gasteiger partial charge in [0, 0.05) is 42.3 Å². The van der Waals surface area contributed by atoms with E-state index < -0.39 is 6.10 Å². The van der Waals surface area contributed by atoms with Crippen LogP contribution in [0, 0.1) is 0 Å². The number of rotatable bonds is 6. The van der Waals surface area contributed by atoms with Gasteiger partial charge in [0.05, 0.1) is 0 Å². The van der Waals surface area contributed by atoms with E-state index in [1.807, 2.05) is 48.5 Å². The van der Waals surface area contributed by atoms with Crippen molar-refractivity contribution in [3.05, 3.63) is 65.0 Å². The second kappa shape index (κ2) is 9.34. The Kier molecular flexibility index (Phi) is 6.62. The lowest BCUT2D eigenvalue weighted by atomic mass is 10.2. The number of guanidine groups is 1. The summed E-state index contributed by atoms with van der Waals surface area (Å²) in [5.74, 6) is 0.503. The maximum Gasteiger partial charge on any atom is 0.221 e. The summed E-state index contributed by atoms with van der Waals surface area (Å²) in [6.45, 7) is 2.39. The Balaban J connectivity index is 1.54. The van der Waals surface area contributed by atoms with Crippen molar-refractivity contribution in [3.63, 3.8) is 0 Å². The minimum atomic E-state index is -0.612. The number of aliphatic imine (C=N–C) groups is 1. The van der Waals surface area contributed by atoms with Crippen molar-refractivity contribution in [1.29, 1.82) is 0 Å². The van der Waals surface area contributed by atoms with Gasteiger partial charge < -0.3 is 21.1 Å². The van der Waals surface area contributed by atoms with Crippen LogP contribution in [0.25, 0.3) is 10.1 Å². The Morgan fingerprint density at radius 2 is 1.96 bits per heavy atom. The number of thiophene rings is 1. The number of aliphatic hydroxyl groups is 1. The number of fused-ring (bicyclic) bond motifs is 1. The zero-order chi connectivity index (χ0) is 19.9. The molecule has 1 amide bonds. The number of hydrogen-bond donors (Lipinski definition) is 4. The number of aliphatic hydroxyl groups excluding tert-OH is 1. The molecule has 6 nitrogen and oxygen atoms in total. The monoisotopic (exact) mass is 396 g/mol. The van der Waals surface area contributed by atoms with Crippen molar-refractivity contribution in [2.75, 3.05) is 18.9 Å². The fourth-order valence-electron chi connectivity index (χ4n) is 2.83. The number of carbonyl (C=O) groups excluding carboxylic acids is 1. The van der Waals surface area contributed by atoms with Crippen molar-refractivity contribution >= 4 is 39.0 Å². The molecule has 0 radical (unpaired) electrons. The fourth-order valence-corrected chi connectivity index (χ4v) is 3.88. The summed E-state index contributed by atoms with van der Waals surface area (Å²) in [6, 6.07) is 17.7. The molecule has 3 aromatic rings. The molecule has 0 saturated heterocycles. The average Bonchev–Trinajstić information content (AvgIpc) is 3.12. The van der Waals surface area contributed by atoms with Gasteiger partial charge >= 0.3 is 0 Å². The molecule has 28 heavy (non-hydrogen) atoms. The highest BCUT2D eigenvalue weighted by atomic mass is 32.1. The number of amides is 1. The smallest absolute Gasteiger partial charge is 0.221 e. The number of nitrogens with zero attached hydrogens (tertiary/aromatic N) is 1. The molecule has 0 spiro atoms. The first-order chi connectivity index (χ1) is 13.5. The second-order valence-corrected chi connectivity index (χ2v) is 7.51. The summed E-state index contributed by atoms with van der Waals surface area (Å²) >= 11 is 1.60. The number of nitrogens with one attached hydrogen (secondary N) is 3. The lowest BCUT2D eigenvalue weighted by molar-refractivity contribution is -0.114. The lowest BCUT2D eigenvalue weighted by Crippen LogP contribution is -2.38. The molecule has 0 aliphatic heterocycles. The molecular formula is C21H24N4O2S. The fraction of sp³-hybridized carbons (Fsp3) is 0.238. The van der Waals surface area contributed by atoms with Crippen molar-refractivity contribution in [1.82, 2.24) is 10.6 Å². The van der Waals surface area contributed by atoms with Gasteiger partial charge in [-0.2, -0.15) is 0 Å². The topological polar surface area (TPSA) is 85.8 Å². The molecule has 0 bridgehead atoms. The molecule has 7 heteroatoms. The summed E-state index contributed by atoms with van der Waals surface area (Å²) in [4.78, 5) is 16.3. The van der Waals surface area contributed by atoms with Gasteiger partial charge in [-0.05, 0) is 35.2 Å². The van der Waals surface area contributed by atoms with Gasteiger partial charge in [-0.15, -0.1) is 11.3 Å². The second-order valence-electron chi connectivity index (χ2n) is 6.39. The molecule has 1 atom stereocenters. The normalized spacial score (nSPS) is 12.6. The van der Waals surface area contributed by atoms with E-state index in [2.05, 4.69) is 27.0 Å². The molecule has 3 rings (SSSR count). The van der Waals surface area contributed by atoms with Crippen molar-refractivity contribution in [2.45, 2.75) is 19.6 Å². The van der Waals surface area contributed by atoms with E-state index in [4.69, 9.17) is 0 Å². The number of carbonyl (C=O) groups is 1. The van der Waals surface area contributed by atoms with E-state index in [9.17, 15) is 9.90 Å². The first-order valence-corrected chi connectivity index (χ1v) is 9.84. The van der Waals surface area contributed by atoms with E-state index in [0.717, 1.165) is 26.2 Å². The zero-order valence-electron chi connectivity index (χ0n) is 15.9. The maximum atomic E-state index is 11.2. The van der Waals surface area contributed by atoms with Gasteiger partial charge in [-0.1, -0.05) is 30.3 Å². The van der Waals surface area contributed by atoms with Crippen molar-refractivity contribution < 1.29 is 9.90 Å². The van der Waals surface area contributed by atoms with Gasteiger partial charge in [0.1, 0.15) is 6.10 Å². The largest absolute Gasteiger partial charge is 0.386 e. The van der Waals surface area contributed by atoms with E-state index in [1.54, 1.807) is 18.4 Å².